The van der Waals surface area contributed by atoms with Gasteiger partial charge in [-0.25, -0.2) is 9.59 Å². The molecule has 0 radical (unpaired) electrons. The Morgan fingerprint density at radius 1 is 0.635 bits per heavy atom. The summed E-state index contributed by atoms with van der Waals surface area (Å²) in [6.45, 7) is 9.96. The number of benzene rings is 3. The second kappa shape index (κ2) is 18.7. The van der Waals surface area contributed by atoms with E-state index in [0.29, 0.717) is 5.56 Å². The summed E-state index contributed by atoms with van der Waals surface area (Å²) in [6, 6.07) is 18.1. The summed E-state index contributed by atoms with van der Waals surface area (Å²) in [5.41, 5.74) is -0.250. The summed E-state index contributed by atoms with van der Waals surface area (Å²) in [6.07, 6.45) is -1.91. The molecular formula is C39H49N3O10. The van der Waals surface area contributed by atoms with Crippen LogP contribution in [0.1, 0.15) is 71.9 Å². The Bertz CT molecular complexity index is 1710. The van der Waals surface area contributed by atoms with Crippen LogP contribution >= 0.6 is 0 Å². The lowest BCUT2D eigenvalue weighted by Gasteiger charge is -2.26. The Hall–Kier alpha value is -5.46. The molecule has 3 amide bonds. The van der Waals surface area contributed by atoms with Crippen molar-refractivity contribution in [2.45, 2.75) is 103 Å². The summed E-state index contributed by atoms with van der Waals surface area (Å²) < 4.78 is 21.0. The van der Waals surface area contributed by atoms with Crippen LogP contribution in [0.5, 0.6) is 0 Å². The van der Waals surface area contributed by atoms with Crippen LogP contribution in [0.4, 0.5) is 4.79 Å². The number of nitrogens with one attached hydrogen (secondary N) is 3. The number of fused-ring (bicyclic) bond motifs is 1. The maximum atomic E-state index is 14.0. The molecule has 0 fully saturated rings. The van der Waals surface area contributed by atoms with E-state index in [-0.39, 0.29) is 25.9 Å². The molecule has 0 heterocycles. The van der Waals surface area contributed by atoms with E-state index in [9.17, 15) is 28.8 Å². The minimum atomic E-state index is -1.56. The van der Waals surface area contributed by atoms with Gasteiger partial charge >= 0.3 is 24.0 Å². The van der Waals surface area contributed by atoms with E-state index in [0.717, 1.165) is 23.4 Å². The number of carbonyl (C=O) groups is 6. The molecule has 0 aromatic heterocycles. The predicted octanol–water partition coefficient (Wildman–Crippen LogP) is 4.67. The summed E-state index contributed by atoms with van der Waals surface area (Å²) in [7, 11) is 1.12. The summed E-state index contributed by atoms with van der Waals surface area (Å²) in [4.78, 5) is 78.7. The lowest BCUT2D eigenvalue weighted by atomic mass is 10.0. The quantitative estimate of drug-likeness (QED) is 0.148. The number of rotatable bonds is 15. The number of hydrogen-bond donors (Lipinski definition) is 3. The zero-order valence-corrected chi connectivity index (χ0v) is 30.8. The summed E-state index contributed by atoms with van der Waals surface area (Å²) in [5.74, 6) is -3.99. The Morgan fingerprint density at radius 3 is 1.85 bits per heavy atom. The highest BCUT2D eigenvalue weighted by Crippen LogP contribution is 2.18. The van der Waals surface area contributed by atoms with Gasteiger partial charge in [-0.05, 0) is 69.9 Å². The van der Waals surface area contributed by atoms with Gasteiger partial charge in [0.05, 0.1) is 13.5 Å². The van der Waals surface area contributed by atoms with E-state index in [1.54, 1.807) is 65.8 Å². The van der Waals surface area contributed by atoms with Gasteiger partial charge in [-0.2, -0.15) is 0 Å². The van der Waals surface area contributed by atoms with E-state index in [1.807, 2.05) is 48.5 Å². The molecule has 3 rings (SSSR count). The number of hydrogen-bond acceptors (Lipinski definition) is 10. The van der Waals surface area contributed by atoms with E-state index in [2.05, 4.69) is 16.0 Å². The summed E-state index contributed by atoms with van der Waals surface area (Å²) in [5, 5.41) is 9.53. The van der Waals surface area contributed by atoms with Crippen molar-refractivity contribution in [1.82, 2.24) is 16.0 Å². The average molecular weight is 720 g/mol. The first-order chi connectivity index (χ1) is 24.4. The number of esters is 3. The summed E-state index contributed by atoms with van der Waals surface area (Å²) >= 11 is 0. The molecule has 52 heavy (non-hydrogen) atoms. The second-order valence-electron chi connectivity index (χ2n) is 14.2. The van der Waals surface area contributed by atoms with Crippen molar-refractivity contribution < 1.29 is 47.7 Å². The van der Waals surface area contributed by atoms with E-state index in [1.165, 1.54) is 0 Å². The topological polar surface area (TPSA) is 175 Å². The Balaban J connectivity index is 1.87. The van der Waals surface area contributed by atoms with Crippen molar-refractivity contribution in [1.29, 1.82) is 0 Å². The predicted molar refractivity (Wildman–Crippen MR) is 193 cm³/mol. The normalized spacial score (nSPS) is 13.1. The number of amides is 3. The molecular weight excluding hydrogens is 670 g/mol. The molecule has 280 valence electrons. The molecule has 0 saturated carbocycles. The average Bonchev–Trinajstić information content (AvgIpc) is 3.06. The Morgan fingerprint density at radius 2 is 1.21 bits per heavy atom. The lowest BCUT2D eigenvalue weighted by molar-refractivity contribution is -0.156. The minimum Gasteiger partial charge on any atom is -0.467 e. The number of carbonyl (C=O) groups excluding carboxylic acids is 6. The van der Waals surface area contributed by atoms with Crippen molar-refractivity contribution in [2.24, 2.45) is 0 Å². The van der Waals surface area contributed by atoms with Crippen LogP contribution in [0.3, 0.4) is 0 Å². The van der Waals surface area contributed by atoms with Gasteiger partial charge in [0.1, 0.15) is 35.9 Å². The van der Waals surface area contributed by atoms with Crippen LogP contribution in [0, 0.1) is 0 Å². The van der Waals surface area contributed by atoms with E-state index in [4.69, 9.17) is 18.9 Å². The fourth-order valence-corrected chi connectivity index (χ4v) is 5.07. The monoisotopic (exact) mass is 719 g/mol. The van der Waals surface area contributed by atoms with Gasteiger partial charge in [-0.15, -0.1) is 0 Å². The first-order valence-corrected chi connectivity index (χ1v) is 17.0. The van der Waals surface area contributed by atoms with Gasteiger partial charge in [0.15, 0.2) is 0 Å². The van der Waals surface area contributed by atoms with E-state index >= 15 is 0 Å². The molecule has 0 aliphatic rings. The van der Waals surface area contributed by atoms with Gasteiger partial charge in [-0.3, -0.25) is 19.2 Å². The van der Waals surface area contributed by atoms with Crippen molar-refractivity contribution >= 4 is 46.6 Å². The first-order valence-electron chi connectivity index (χ1n) is 17.0. The second-order valence-corrected chi connectivity index (χ2v) is 14.2. The third-order valence-corrected chi connectivity index (χ3v) is 7.36. The van der Waals surface area contributed by atoms with Crippen molar-refractivity contribution in [3.05, 3.63) is 83.9 Å². The fourth-order valence-electron chi connectivity index (χ4n) is 5.07. The van der Waals surface area contributed by atoms with Gasteiger partial charge in [-0.1, -0.05) is 72.8 Å². The fraction of sp³-hybridized carbons (Fsp3) is 0.436. The van der Waals surface area contributed by atoms with Crippen LogP contribution in [0.25, 0.3) is 10.8 Å². The molecule has 0 saturated heterocycles. The molecule has 13 heteroatoms. The van der Waals surface area contributed by atoms with Crippen LogP contribution in [0.2, 0.25) is 0 Å². The van der Waals surface area contributed by atoms with Crippen LogP contribution < -0.4 is 16.0 Å². The molecule has 3 aromatic rings. The first kappa shape index (κ1) is 41.0. The maximum absolute atomic E-state index is 14.0. The molecule has 0 unspecified atom stereocenters. The lowest BCUT2D eigenvalue weighted by Crippen LogP contribution is -2.57. The van der Waals surface area contributed by atoms with Crippen LogP contribution in [0.15, 0.2) is 72.8 Å². The molecule has 0 bridgehead atoms. The zero-order chi connectivity index (χ0) is 38.5. The van der Waals surface area contributed by atoms with Crippen molar-refractivity contribution in [3.63, 3.8) is 0 Å². The number of ether oxygens (including phenoxy) is 4. The van der Waals surface area contributed by atoms with Gasteiger partial charge in [0.25, 0.3) is 0 Å². The standard InChI is InChI=1S/C39H49N3O10/c1-38(2,3)51-32(43)20-19-29(36(47)49-7)40-35(46)31(23-33(44)52-39(4,5)6)41-34(45)30(42-37(48)50-24-25-13-9-8-10-14-25)22-26-17-18-27-15-11-12-16-28(27)21-26/h8-18,21,29-31H,19-20,22-24H2,1-7H3,(H,40,46)(H,41,45)(H,42,48)/t29-,30-,31-/m0/s1. The van der Waals surface area contributed by atoms with Crippen LogP contribution in [-0.2, 0) is 55.9 Å². The molecule has 3 aromatic carbocycles. The third kappa shape index (κ3) is 14.4. The van der Waals surface area contributed by atoms with E-state index < -0.39 is 71.6 Å². The van der Waals surface area contributed by atoms with Gasteiger partial charge in [0.2, 0.25) is 11.8 Å². The molecule has 13 nitrogen and oxygen atoms in total. The third-order valence-electron chi connectivity index (χ3n) is 7.36. The SMILES string of the molecule is COC(=O)[C@H](CCC(=O)OC(C)(C)C)NC(=O)[C@H](CC(=O)OC(C)(C)C)NC(=O)[C@H](Cc1ccc2ccccc2c1)NC(=O)OCc1ccccc1. The molecule has 0 spiro atoms. The number of methoxy groups -OCH3 is 1. The minimum absolute atomic E-state index is 0.00143. The maximum Gasteiger partial charge on any atom is 0.408 e. The highest BCUT2D eigenvalue weighted by Gasteiger charge is 2.33. The zero-order valence-electron chi connectivity index (χ0n) is 30.8. The Kier molecular flexibility index (Phi) is 14.7. The van der Waals surface area contributed by atoms with Crippen molar-refractivity contribution in [2.75, 3.05) is 7.11 Å². The molecule has 0 aliphatic carbocycles. The van der Waals surface area contributed by atoms with Gasteiger partial charge < -0.3 is 34.9 Å². The smallest absolute Gasteiger partial charge is 0.408 e. The van der Waals surface area contributed by atoms with Gasteiger partial charge in [0, 0.05) is 12.8 Å². The van der Waals surface area contributed by atoms with Crippen molar-refractivity contribution in [3.8, 4) is 0 Å². The highest BCUT2D eigenvalue weighted by molar-refractivity contribution is 5.95. The Labute approximate surface area is 304 Å². The molecule has 3 atom stereocenters. The number of alkyl carbamates (subject to hydrolysis) is 1. The molecule has 0 aliphatic heterocycles. The highest BCUT2D eigenvalue weighted by atomic mass is 16.6. The molecule has 3 N–H and O–H groups in total. The largest absolute Gasteiger partial charge is 0.467 e. The van der Waals surface area contributed by atoms with Crippen LogP contribution in [-0.4, -0.2) is 72.3 Å².